The van der Waals surface area contributed by atoms with Crippen LogP contribution in [0, 0.1) is 5.41 Å². The van der Waals surface area contributed by atoms with Crippen molar-refractivity contribution in [1.82, 2.24) is 20.8 Å². The van der Waals surface area contributed by atoms with E-state index in [-0.39, 0.29) is 18.1 Å². The predicted molar refractivity (Wildman–Crippen MR) is 108 cm³/mol. The maximum atomic E-state index is 6.01. The number of aromatic nitrogens is 2. The number of aliphatic imine (C=N–C) groups is 1. The molecule has 1 aromatic carbocycles. The Balaban J connectivity index is 2.02. The molecule has 27 heavy (non-hydrogen) atoms. The quantitative estimate of drug-likeness (QED) is 0.553. The minimum atomic E-state index is 0.0252. The molecule has 0 aliphatic rings. The highest BCUT2D eigenvalue weighted by Crippen LogP contribution is 2.21. The van der Waals surface area contributed by atoms with Crippen molar-refractivity contribution >= 4 is 17.6 Å². The Morgan fingerprint density at radius 3 is 2.74 bits per heavy atom. The van der Waals surface area contributed by atoms with E-state index in [0.29, 0.717) is 29.2 Å². The summed E-state index contributed by atoms with van der Waals surface area (Å²) in [5.41, 5.74) is 0.830. The molecule has 7 nitrogen and oxygen atoms in total. The molecule has 8 heteroatoms. The van der Waals surface area contributed by atoms with Gasteiger partial charge in [-0.05, 0) is 24.5 Å². The zero-order valence-corrected chi connectivity index (χ0v) is 17.3. The topological polar surface area (TPSA) is 84.6 Å². The molecule has 0 saturated carbocycles. The molecular weight excluding hydrogens is 366 g/mol. The molecule has 2 aromatic rings. The van der Waals surface area contributed by atoms with Crippen molar-refractivity contribution in [2.45, 2.75) is 40.3 Å². The third-order valence-corrected chi connectivity index (χ3v) is 4.21. The molecule has 1 heterocycles. The largest absolute Gasteiger partial charge is 0.379 e. The average Bonchev–Trinajstić information content (AvgIpc) is 3.08. The molecule has 0 aliphatic heterocycles. The van der Waals surface area contributed by atoms with Crippen LogP contribution < -0.4 is 10.6 Å². The third kappa shape index (κ3) is 6.52. The first-order valence-electron chi connectivity index (χ1n) is 8.97. The second-order valence-electron chi connectivity index (χ2n) is 7.19. The fraction of sp³-hybridized carbons (Fsp3) is 0.526. The molecule has 0 radical (unpaired) electrons. The summed E-state index contributed by atoms with van der Waals surface area (Å²) in [4.78, 5) is 8.89. The fourth-order valence-corrected chi connectivity index (χ4v) is 2.68. The normalized spacial score (nSPS) is 13.5. The van der Waals surface area contributed by atoms with E-state index in [9.17, 15) is 0 Å². The minimum Gasteiger partial charge on any atom is -0.379 e. The van der Waals surface area contributed by atoms with Crippen LogP contribution in [0.5, 0.6) is 0 Å². The molecule has 1 atom stereocenters. The number of nitrogens with one attached hydrogen (secondary N) is 2. The minimum absolute atomic E-state index is 0.0252. The zero-order chi connectivity index (χ0) is 19.9. The van der Waals surface area contributed by atoms with Gasteiger partial charge in [0.15, 0.2) is 5.96 Å². The highest BCUT2D eigenvalue weighted by Gasteiger charge is 2.24. The van der Waals surface area contributed by atoms with Crippen molar-refractivity contribution in [3.05, 3.63) is 35.2 Å². The van der Waals surface area contributed by atoms with E-state index < -0.39 is 0 Å². The lowest BCUT2D eigenvalue weighted by atomic mass is 9.89. The van der Waals surface area contributed by atoms with E-state index in [0.717, 1.165) is 12.1 Å². The van der Waals surface area contributed by atoms with Crippen LogP contribution in [-0.2, 0) is 11.3 Å². The number of benzene rings is 1. The molecule has 0 aliphatic carbocycles. The molecule has 1 aromatic heterocycles. The van der Waals surface area contributed by atoms with Crippen molar-refractivity contribution < 1.29 is 9.26 Å². The predicted octanol–water partition coefficient (Wildman–Crippen LogP) is 3.51. The molecule has 0 fully saturated rings. The van der Waals surface area contributed by atoms with Crippen LogP contribution in [0.4, 0.5) is 0 Å². The summed E-state index contributed by atoms with van der Waals surface area (Å²) >= 11 is 6.01. The van der Waals surface area contributed by atoms with Crippen LogP contribution in [0.25, 0.3) is 11.4 Å². The van der Waals surface area contributed by atoms with Crippen molar-refractivity contribution in [2.75, 3.05) is 20.2 Å². The van der Waals surface area contributed by atoms with Crippen LogP contribution >= 0.6 is 11.6 Å². The molecule has 2 N–H and O–H groups in total. The monoisotopic (exact) mass is 393 g/mol. The molecule has 2 rings (SSSR count). The summed E-state index contributed by atoms with van der Waals surface area (Å²) in [5, 5.41) is 11.1. The van der Waals surface area contributed by atoms with Crippen LogP contribution in [-0.4, -0.2) is 42.4 Å². The maximum absolute atomic E-state index is 6.01. The number of rotatable bonds is 7. The van der Waals surface area contributed by atoms with Crippen molar-refractivity contribution in [2.24, 2.45) is 10.4 Å². The number of guanidine groups is 1. The molecule has 0 saturated heterocycles. The summed E-state index contributed by atoms with van der Waals surface area (Å²) < 4.78 is 10.9. The Kier molecular flexibility index (Phi) is 7.62. The Labute approximate surface area is 165 Å². The number of ether oxygens (including phenoxy) is 1. The van der Waals surface area contributed by atoms with Gasteiger partial charge >= 0.3 is 0 Å². The van der Waals surface area contributed by atoms with Gasteiger partial charge in [-0.15, -0.1) is 0 Å². The SMILES string of the molecule is CCNC(=NCc1nc(-c2cccc(Cl)c2)no1)NCC(OC)C(C)(C)C. The van der Waals surface area contributed by atoms with Gasteiger partial charge in [0, 0.05) is 30.8 Å². The molecule has 1 unspecified atom stereocenters. The average molecular weight is 394 g/mol. The van der Waals surface area contributed by atoms with E-state index in [1.165, 1.54) is 0 Å². The summed E-state index contributed by atoms with van der Waals surface area (Å²) in [7, 11) is 1.72. The summed E-state index contributed by atoms with van der Waals surface area (Å²) in [6.07, 6.45) is 0.0548. The lowest BCUT2D eigenvalue weighted by Gasteiger charge is -2.30. The highest BCUT2D eigenvalue weighted by atomic mass is 35.5. The number of methoxy groups -OCH3 is 1. The zero-order valence-electron chi connectivity index (χ0n) is 16.5. The van der Waals surface area contributed by atoms with Gasteiger partial charge in [-0.25, -0.2) is 4.99 Å². The third-order valence-electron chi connectivity index (χ3n) is 3.97. The lowest BCUT2D eigenvalue weighted by molar-refractivity contribution is 0.0205. The van der Waals surface area contributed by atoms with Crippen molar-refractivity contribution in [3.63, 3.8) is 0 Å². The smallest absolute Gasteiger partial charge is 0.248 e. The summed E-state index contributed by atoms with van der Waals surface area (Å²) in [6.45, 7) is 10.1. The molecule has 0 bridgehead atoms. The number of nitrogens with zero attached hydrogens (tertiary/aromatic N) is 3. The fourth-order valence-electron chi connectivity index (χ4n) is 2.48. The van der Waals surface area contributed by atoms with Gasteiger partial charge < -0.3 is 19.9 Å². The first-order valence-corrected chi connectivity index (χ1v) is 9.34. The maximum Gasteiger partial charge on any atom is 0.248 e. The van der Waals surface area contributed by atoms with Crippen LogP contribution in [0.15, 0.2) is 33.8 Å². The van der Waals surface area contributed by atoms with Crippen molar-refractivity contribution in [1.29, 1.82) is 0 Å². The molecule has 148 valence electrons. The molecule has 0 amide bonds. The Bertz CT molecular complexity index is 755. The van der Waals surface area contributed by atoms with Crippen molar-refractivity contribution in [3.8, 4) is 11.4 Å². The van der Waals surface area contributed by atoms with Gasteiger partial charge in [0.1, 0.15) is 6.54 Å². The number of halogens is 1. The van der Waals surface area contributed by atoms with Crippen LogP contribution in [0.3, 0.4) is 0 Å². The van der Waals surface area contributed by atoms with E-state index in [1.54, 1.807) is 19.2 Å². The Morgan fingerprint density at radius 2 is 2.11 bits per heavy atom. The van der Waals surface area contributed by atoms with Gasteiger partial charge in [-0.1, -0.05) is 49.7 Å². The van der Waals surface area contributed by atoms with Crippen LogP contribution in [0.2, 0.25) is 5.02 Å². The Hall–Kier alpha value is -2.12. The summed E-state index contributed by atoms with van der Waals surface area (Å²) in [6, 6.07) is 7.32. The van der Waals surface area contributed by atoms with Crippen LogP contribution in [0.1, 0.15) is 33.6 Å². The number of hydrogen-bond donors (Lipinski definition) is 2. The molecule has 0 spiro atoms. The lowest BCUT2D eigenvalue weighted by Crippen LogP contribution is -2.45. The first kappa shape index (κ1) is 21.2. The highest BCUT2D eigenvalue weighted by molar-refractivity contribution is 6.30. The Morgan fingerprint density at radius 1 is 1.33 bits per heavy atom. The van der Waals surface area contributed by atoms with E-state index >= 15 is 0 Å². The first-order chi connectivity index (χ1) is 12.8. The second-order valence-corrected chi connectivity index (χ2v) is 7.62. The van der Waals surface area contributed by atoms with E-state index in [2.05, 4.69) is 46.5 Å². The second kappa shape index (κ2) is 9.71. The van der Waals surface area contributed by atoms with Gasteiger partial charge in [0.2, 0.25) is 11.7 Å². The van der Waals surface area contributed by atoms with Gasteiger partial charge in [0.25, 0.3) is 0 Å². The van der Waals surface area contributed by atoms with Gasteiger partial charge in [-0.2, -0.15) is 4.98 Å². The van der Waals surface area contributed by atoms with Gasteiger partial charge in [0.05, 0.1) is 6.10 Å². The van der Waals surface area contributed by atoms with E-state index in [4.69, 9.17) is 20.9 Å². The van der Waals surface area contributed by atoms with E-state index in [1.807, 2.05) is 19.1 Å². The van der Waals surface area contributed by atoms with Gasteiger partial charge in [-0.3, -0.25) is 0 Å². The molecular formula is C19H28ClN5O2. The number of hydrogen-bond acceptors (Lipinski definition) is 5. The summed E-state index contributed by atoms with van der Waals surface area (Å²) in [5.74, 6) is 1.60. The standard InChI is InChI=1S/C19H28ClN5O2/c1-6-21-18(22-11-15(26-5)19(2,3)4)23-12-16-24-17(25-27-16)13-8-7-9-14(20)10-13/h7-10,15H,6,11-12H2,1-5H3,(H2,21,22,23).